The van der Waals surface area contributed by atoms with Gasteiger partial charge in [0.2, 0.25) is 0 Å². The Morgan fingerprint density at radius 2 is 1.86 bits per heavy atom. The summed E-state index contributed by atoms with van der Waals surface area (Å²) in [5.74, 6) is 0.599. The average Bonchev–Trinajstić information content (AvgIpc) is 2.48. The maximum atomic E-state index is 12.4. The normalized spacial score (nSPS) is 17.1. The highest BCUT2D eigenvalue weighted by Crippen LogP contribution is 2.26. The minimum absolute atomic E-state index is 0.0136. The molecule has 1 aromatic carbocycles. The fourth-order valence-corrected chi connectivity index (χ4v) is 2.93. The van der Waals surface area contributed by atoms with Crippen LogP contribution in [0.1, 0.15) is 43.9 Å². The number of nitrogens with zero attached hydrogens (tertiary/aromatic N) is 2. The summed E-state index contributed by atoms with van der Waals surface area (Å²) in [6.45, 7) is 1.79. The van der Waals surface area contributed by atoms with Crippen molar-refractivity contribution in [3.05, 3.63) is 58.2 Å². The van der Waals surface area contributed by atoms with E-state index in [2.05, 4.69) is 4.99 Å². The van der Waals surface area contributed by atoms with Crippen molar-refractivity contribution in [2.75, 3.05) is 0 Å². The van der Waals surface area contributed by atoms with Gasteiger partial charge in [0.15, 0.2) is 0 Å². The maximum absolute atomic E-state index is 12.4. The molecule has 1 fully saturated rings. The van der Waals surface area contributed by atoms with Gasteiger partial charge in [-0.1, -0.05) is 37.5 Å². The van der Waals surface area contributed by atoms with Crippen molar-refractivity contribution in [3.63, 3.8) is 0 Å². The van der Waals surface area contributed by atoms with E-state index in [1.807, 2.05) is 30.3 Å². The van der Waals surface area contributed by atoms with E-state index >= 15 is 0 Å². The summed E-state index contributed by atoms with van der Waals surface area (Å²) in [5, 5.41) is 0. The first-order valence-corrected chi connectivity index (χ1v) is 7.57. The monoisotopic (exact) mass is 284 g/mol. The van der Waals surface area contributed by atoms with E-state index in [1.165, 1.54) is 6.42 Å². The summed E-state index contributed by atoms with van der Waals surface area (Å²) in [5.41, 5.74) is 1.20. The molecule has 1 saturated carbocycles. The molecule has 4 heteroatoms. The zero-order chi connectivity index (χ0) is 14.7. The number of benzene rings is 1. The van der Waals surface area contributed by atoms with Crippen LogP contribution >= 0.6 is 0 Å². The van der Waals surface area contributed by atoms with E-state index < -0.39 is 0 Å². The molecule has 0 N–H and O–H groups in total. The highest BCUT2D eigenvalue weighted by atomic mass is 16.3. The molecule has 0 atom stereocenters. The quantitative estimate of drug-likeness (QED) is 0.847. The molecule has 0 unspecified atom stereocenters. The Morgan fingerprint density at radius 1 is 1.14 bits per heavy atom. The fraction of sp³-hybridized carbons (Fsp3) is 0.412. The molecule has 21 heavy (non-hydrogen) atoms. The lowest BCUT2D eigenvalue weighted by Gasteiger charge is -2.23. The average molecular weight is 284 g/mol. The number of rotatable bonds is 2. The van der Waals surface area contributed by atoms with Crippen molar-refractivity contribution in [3.8, 4) is 0 Å². The first kappa shape index (κ1) is 13.9. The molecule has 0 bridgehead atoms. The lowest BCUT2D eigenvalue weighted by atomic mass is 9.95. The molecule has 110 valence electrons. The van der Waals surface area contributed by atoms with Crippen molar-refractivity contribution < 1.29 is 4.42 Å². The van der Waals surface area contributed by atoms with Crippen LogP contribution in [0.2, 0.25) is 0 Å². The molecule has 0 spiro atoms. The first-order valence-electron chi connectivity index (χ1n) is 7.57. The summed E-state index contributed by atoms with van der Waals surface area (Å²) in [6.07, 6.45) is 5.62. The van der Waals surface area contributed by atoms with Gasteiger partial charge in [-0.3, -0.25) is 9.36 Å². The number of hydrogen-bond acceptors (Lipinski definition) is 3. The molecular formula is C17H20N2O2. The minimum atomic E-state index is -0.0136. The van der Waals surface area contributed by atoms with Crippen LogP contribution in [0.15, 0.2) is 50.6 Å². The number of aryl methyl sites for hydroxylation is 1. The van der Waals surface area contributed by atoms with E-state index in [4.69, 9.17) is 4.42 Å². The lowest BCUT2D eigenvalue weighted by Crippen LogP contribution is -2.37. The van der Waals surface area contributed by atoms with E-state index in [-0.39, 0.29) is 11.6 Å². The first-order chi connectivity index (χ1) is 10.2. The summed E-state index contributed by atoms with van der Waals surface area (Å²) in [4.78, 5) is 16.9. The third-order valence-electron chi connectivity index (χ3n) is 3.94. The van der Waals surface area contributed by atoms with Gasteiger partial charge in [0, 0.05) is 12.1 Å². The maximum Gasteiger partial charge on any atom is 0.305 e. The topological polar surface area (TPSA) is 47.5 Å². The van der Waals surface area contributed by atoms with Gasteiger partial charge in [0.05, 0.1) is 5.69 Å². The van der Waals surface area contributed by atoms with Crippen molar-refractivity contribution in [2.45, 2.75) is 45.1 Å². The van der Waals surface area contributed by atoms with E-state index in [1.54, 1.807) is 17.6 Å². The fourth-order valence-electron chi connectivity index (χ4n) is 2.93. The zero-order valence-electron chi connectivity index (χ0n) is 12.3. The molecular weight excluding hydrogens is 264 g/mol. The van der Waals surface area contributed by atoms with Gasteiger partial charge in [-0.05, 0) is 31.9 Å². The smallest absolute Gasteiger partial charge is 0.305 e. The summed E-state index contributed by atoms with van der Waals surface area (Å²) >= 11 is 0. The van der Waals surface area contributed by atoms with Gasteiger partial charge in [0.1, 0.15) is 5.76 Å². The van der Waals surface area contributed by atoms with Crippen molar-refractivity contribution in [1.82, 2.24) is 4.57 Å². The van der Waals surface area contributed by atoms with Crippen LogP contribution in [-0.2, 0) is 0 Å². The third kappa shape index (κ3) is 3.15. The molecule has 2 aromatic rings. The number of aromatic nitrogens is 1. The largest absolute Gasteiger partial charge is 0.430 e. The van der Waals surface area contributed by atoms with E-state index in [9.17, 15) is 4.79 Å². The van der Waals surface area contributed by atoms with Gasteiger partial charge in [-0.15, -0.1) is 0 Å². The second kappa shape index (κ2) is 6.12. The van der Waals surface area contributed by atoms with Gasteiger partial charge in [-0.2, -0.15) is 4.99 Å². The molecule has 4 nitrogen and oxygen atoms in total. The second-order valence-corrected chi connectivity index (χ2v) is 5.59. The second-order valence-electron chi connectivity index (χ2n) is 5.59. The Hall–Kier alpha value is -2.10. The van der Waals surface area contributed by atoms with Gasteiger partial charge in [0.25, 0.3) is 5.56 Å². The molecule has 0 amide bonds. The van der Waals surface area contributed by atoms with E-state index in [0.717, 1.165) is 31.4 Å². The Morgan fingerprint density at radius 3 is 2.57 bits per heavy atom. The zero-order valence-corrected chi connectivity index (χ0v) is 12.3. The van der Waals surface area contributed by atoms with Crippen LogP contribution in [0, 0.1) is 6.92 Å². The van der Waals surface area contributed by atoms with Gasteiger partial charge >= 0.3 is 5.68 Å². The van der Waals surface area contributed by atoms with Crippen LogP contribution in [0.4, 0.5) is 5.69 Å². The summed E-state index contributed by atoms with van der Waals surface area (Å²) < 4.78 is 7.48. The highest BCUT2D eigenvalue weighted by Gasteiger charge is 2.18. The Balaban J connectivity index is 2.14. The number of hydrogen-bond donors (Lipinski definition) is 0. The third-order valence-corrected chi connectivity index (χ3v) is 3.94. The molecule has 3 rings (SSSR count). The van der Waals surface area contributed by atoms with Crippen LogP contribution in [0.5, 0.6) is 0 Å². The Labute approximate surface area is 123 Å². The predicted molar refractivity (Wildman–Crippen MR) is 81.5 cm³/mol. The molecule has 0 saturated heterocycles. The van der Waals surface area contributed by atoms with Crippen LogP contribution in [0.3, 0.4) is 0 Å². The Bertz CT molecular complexity index is 722. The molecule has 1 aliphatic carbocycles. The SMILES string of the molecule is Cc1cc(=O)n(C2CCCCC2)c(=Nc2ccccc2)o1. The highest BCUT2D eigenvalue weighted by molar-refractivity contribution is 5.35. The standard InChI is InChI=1S/C17H20N2O2/c1-13-12-16(20)19(15-10-6-3-7-11-15)17(21-13)18-14-8-4-2-5-9-14/h2,4-5,8-9,12,15H,3,6-7,10-11H2,1H3. The van der Waals surface area contributed by atoms with Crippen LogP contribution in [-0.4, -0.2) is 4.57 Å². The van der Waals surface area contributed by atoms with Crippen molar-refractivity contribution in [1.29, 1.82) is 0 Å². The lowest BCUT2D eigenvalue weighted by molar-refractivity contribution is 0.289. The van der Waals surface area contributed by atoms with Gasteiger partial charge < -0.3 is 4.42 Å². The summed E-state index contributed by atoms with van der Waals surface area (Å²) in [6, 6.07) is 11.4. The molecule has 1 aliphatic rings. The van der Waals surface area contributed by atoms with Crippen LogP contribution in [0.25, 0.3) is 0 Å². The summed E-state index contributed by atoms with van der Waals surface area (Å²) in [7, 11) is 0. The predicted octanol–water partition coefficient (Wildman–Crippen LogP) is 3.49. The number of para-hydroxylation sites is 1. The Kier molecular flexibility index (Phi) is 4.04. The molecule has 1 aromatic heterocycles. The van der Waals surface area contributed by atoms with Crippen molar-refractivity contribution in [2.24, 2.45) is 4.99 Å². The van der Waals surface area contributed by atoms with Crippen LogP contribution < -0.4 is 11.2 Å². The minimum Gasteiger partial charge on any atom is -0.430 e. The van der Waals surface area contributed by atoms with E-state index in [0.29, 0.717) is 11.4 Å². The van der Waals surface area contributed by atoms with Gasteiger partial charge in [-0.25, -0.2) is 0 Å². The molecule has 0 aliphatic heterocycles. The molecule has 1 heterocycles. The van der Waals surface area contributed by atoms with Crippen molar-refractivity contribution >= 4 is 5.69 Å². The molecule has 0 radical (unpaired) electrons.